The minimum Gasteiger partial charge on any atom is -0.360 e. The fourth-order valence-corrected chi connectivity index (χ4v) is 2.16. The van der Waals surface area contributed by atoms with Gasteiger partial charge in [-0.25, -0.2) is 0 Å². The van der Waals surface area contributed by atoms with Crippen LogP contribution in [0.3, 0.4) is 0 Å². The summed E-state index contributed by atoms with van der Waals surface area (Å²) in [6.45, 7) is 4.89. The van der Waals surface area contributed by atoms with E-state index in [0.717, 1.165) is 19.7 Å². The van der Waals surface area contributed by atoms with E-state index in [-0.39, 0.29) is 11.6 Å². The van der Waals surface area contributed by atoms with E-state index in [0.29, 0.717) is 0 Å². The molecular formula is C9H14N2O. The molecule has 0 spiro atoms. The second kappa shape index (κ2) is 2.72. The van der Waals surface area contributed by atoms with Crippen molar-refractivity contribution in [3.05, 3.63) is 0 Å². The number of nitrogens with zero attached hydrogens (tertiary/aromatic N) is 2. The van der Waals surface area contributed by atoms with Crippen LogP contribution in [0.5, 0.6) is 0 Å². The zero-order valence-corrected chi connectivity index (χ0v) is 7.42. The molecule has 0 saturated carbocycles. The molecule has 0 aromatic rings. The molecule has 2 aliphatic heterocycles. The van der Waals surface area contributed by atoms with Gasteiger partial charge >= 0.3 is 0 Å². The van der Waals surface area contributed by atoms with Crippen molar-refractivity contribution < 1.29 is 4.74 Å². The molecule has 2 saturated heterocycles. The van der Waals surface area contributed by atoms with Crippen molar-refractivity contribution in [1.29, 1.82) is 5.26 Å². The van der Waals surface area contributed by atoms with Gasteiger partial charge in [0.25, 0.3) is 0 Å². The van der Waals surface area contributed by atoms with Gasteiger partial charge in [-0.15, -0.1) is 0 Å². The molecule has 3 nitrogen and oxygen atoms in total. The number of hydrogen-bond acceptors (Lipinski definition) is 3. The molecule has 2 heterocycles. The number of fused-ring (bicyclic) bond motifs is 1. The lowest BCUT2D eigenvalue weighted by atomic mass is 9.98. The second-order valence-corrected chi connectivity index (χ2v) is 3.98. The van der Waals surface area contributed by atoms with E-state index in [9.17, 15) is 0 Å². The number of hydrogen-bond donors (Lipinski definition) is 0. The summed E-state index contributed by atoms with van der Waals surface area (Å²) in [5.41, 5.74) is 0.230. The molecule has 0 N–H and O–H groups in total. The van der Waals surface area contributed by atoms with Crippen molar-refractivity contribution in [3.8, 4) is 6.07 Å². The summed E-state index contributed by atoms with van der Waals surface area (Å²) >= 11 is 0. The SMILES string of the molecule is C[C@]12CCCN1C[C@H](C#N)OC2. The first-order valence-corrected chi connectivity index (χ1v) is 4.51. The van der Waals surface area contributed by atoms with Crippen LogP contribution in [0, 0.1) is 11.3 Å². The van der Waals surface area contributed by atoms with Crippen LogP contribution in [0.25, 0.3) is 0 Å². The number of nitriles is 1. The van der Waals surface area contributed by atoms with E-state index < -0.39 is 0 Å². The molecule has 2 rings (SSSR count). The van der Waals surface area contributed by atoms with Gasteiger partial charge in [0.1, 0.15) is 0 Å². The highest BCUT2D eigenvalue weighted by molar-refractivity contribution is 5.00. The lowest BCUT2D eigenvalue weighted by molar-refractivity contribution is -0.0657. The first kappa shape index (κ1) is 8.03. The second-order valence-electron chi connectivity index (χ2n) is 3.98. The highest BCUT2D eigenvalue weighted by Crippen LogP contribution is 2.32. The van der Waals surface area contributed by atoms with Crippen LogP contribution < -0.4 is 0 Å². The Morgan fingerprint density at radius 1 is 1.67 bits per heavy atom. The maximum atomic E-state index is 8.69. The van der Waals surface area contributed by atoms with Crippen LogP contribution in [0.2, 0.25) is 0 Å². The molecule has 0 aliphatic carbocycles. The van der Waals surface area contributed by atoms with E-state index in [2.05, 4.69) is 17.9 Å². The molecule has 2 atom stereocenters. The Bertz CT molecular complexity index is 223. The predicted octanol–water partition coefficient (Wildman–Crippen LogP) is 0.763. The predicted molar refractivity (Wildman–Crippen MR) is 44.6 cm³/mol. The van der Waals surface area contributed by atoms with Gasteiger partial charge in [0.05, 0.1) is 12.7 Å². The first-order chi connectivity index (χ1) is 5.74. The largest absolute Gasteiger partial charge is 0.360 e. The van der Waals surface area contributed by atoms with E-state index in [1.807, 2.05) is 0 Å². The lowest BCUT2D eigenvalue weighted by Crippen LogP contribution is -2.53. The molecule has 2 aliphatic rings. The zero-order chi connectivity index (χ0) is 8.60. The Morgan fingerprint density at radius 2 is 2.50 bits per heavy atom. The topological polar surface area (TPSA) is 36.3 Å². The van der Waals surface area contributed by atoms with Crippen molar-refractivity contribution in [2.75, 3.05) is 19.7 Å². The third kappa shape index (κ3) is 1.12. The van der Waals surface area contributed by atoms with Gasteiger partial charge in [-0.05, 0) is 26.3 Å². The molecule has 0 unspecified atom stereocenters. The molecule has 3 heteroatoms. The molecule has 0 amide bonds. The highest BCUT2D eigenvalue weighted by atomic mass is 16.5. The van der Waals surface area contributed by atoms with Gasteiger partial charge in [-0.2, -0.15) is 5.26 Å². The third-order valence-electron chi connectivity index (χ3n) is 3.03. The van der Waals surface area contributed by atoms with Gasteiger partial charge in [-0.1, -0.05) is 0 Å². The molecule has 0 radical (unpaired) electrons. The van der Waals surface area contributed by atoms with Crippen molar-refractivity contribution in [3.63, 3.8) is 0 Å². The Kier molecular flexibility index (Phi) is 1.82. The summed E-state index contributed by atoms with van der Waals surface area (Å²) in [6, 6.07) is 2.17. The first-order valence-electron chi connectivity index (χ1n) is 4.51. The molecule has 0 bridgehead atoms. The van der Waals surface area contributed by atoms with Gasteiger partial charge in [-0.3, -0.25) is 4.90 Å². The molecule has 66 valence electrons. The Balaban J connectivity index is 2.08. The van der Waals surface area contributed by atoms with Crippen LogP contribution in [-0.4, -0.2) is 36.2 Å². The van der Waals surface area contributed by atoms with Crippen molar-refractivity contribution in [2.45, 2.75) is 31.4 Å². The van der Waals surface area contributed by atoms with Gasteiger partial charge in [0.2, 0.25) is 0 Å². The average Bonchev–Trinajstić information content (AvgIpc) is 2.45. The van der Waals surface area contributed by atoms with E-state index in [4.69, 9.17) is 10.00 Å². The van der Waals surface area contributed by atoms with E-state index in [1.54, 1.807) is 0 Å². The van der Waals surface area contributed by atoms with Gasteiger partial charge in [0.15, 0.2) is 6.10 Å². The number of ether oxygens (including phenoxy) is 1. The minimum atomic E-state index is -0.198. The fourth-order valence-electron chi connectivity index (χ4n) is 2.16. The molecule has 2 fully saturated rings. The smallest absolute Gasteiger partial charge is 0.156 e. The standard InChI is InChI=1S/C9H14N2O/c1-9-3-2-4-11(9)6-8(5-10)12-7-9/h8H,2-4,6-7H2,1H3/t8-,9+/m0/s1. The lowest BCUT2D eigenvalue weighted by Gasteiger charge is -2.40. The fraction of sp³-hybridized carbons (Fsp3) is 0.889. The molecule has 12 heavy (non-hydrogen) atoms. The Morgan fingerprint density at radius 3 is 3.25 bits per heavy atom. The number of rotatable bonds is 0. The normalized spacial score (nSPS) is 42.2. The summed E-state index contributed by atoms with van der Waals surface area (Å²) < 4.78 is 5.44. The Hall–Kier alpha value is -0.590. The molecule has 0 aromatic carbocycles. The van der Waals surface area contributed by atoms with Crippen LogP contribution >= 0.6 is 0 Å². The van der Waals surface area contributed by atoms with Crippen LogP contribution in [-0.2, 0) is 4.74 Å². The quantitative estimate of drug-likeness (QED) is 0.533. The van der Waals surface area contributed by atoms with Gasteiger partial charge < -0.3 is 4.74 Å². The summed E-state index contributed by atoms with van der Waals surface area (Å²) in [4.78, 5) is 2.39. The van der Waals surface area contributed by atoms with E-state index in [1.165, 1.54) is 12.8 Å². The summed E-state index contributed by atoms with van der Waals surface area (Å²) in [6.07, 6.45) is 2.26. The average molecular weight is 166 g/mol. The molecular weight excluding hydrogens is 152 g/mol. The summed E-state index contributed by atoms with van der Waals surface area (Å²) in [7, 11) is 0. The van der Waals surface area contributed by atoms with Crippen LogP contribution in [0.1, 0.15) is 19.8 Å². The maximum absolute atomic E-state index is 8.69. The van der Waals surface area contributed by atoms with E-state index >= 15 is 0 Å². The molecule has 0 aromatic heterocycles. The minimum absolute atomic E-state index is 0.198. The van der Waals surface area contributed by atoms with Gasteiger partial charge in [0, 0.05) is 12.1 Å². The Labute approximate surface area is 72.9 Å². The maximum Gasteiger partial charge on any atom is 0.156 e. The third-order valence-corrected chi connectivity index (χ3v) is 3.03. The van der Waals surface area contributed by atoms with Crippen LogP contribution in [0.15, 0.2) is 0 Å². The summed E-state index contributed by atoms with van der Waals surface area (Å²) in [5, 5.41) is 8.69. The van der Waals surface area contributed by atoms with Crippen molar-refractivity contribution in [2.24, 2.45) is 0 Å². The van der Waals surface area contributed by atoms with Crippen molar-refractivity contribution in [1.82, 2.24) is 4.90 Å². The monoisotopic (exact) mass is 166 g/mol. The zero-order valence-electron chi connectivity index (χ0n) is 7.42. The summed E-state index contributed by atoms with van der Waals surface area (Å²) in [5.74, 6) is 0. The van der Waals surface area contributed by atoms with Crippen LogP contribution in [0.4, 0.5) is 0 Å². The highest BCUT2D eigenvalue weighted by Gasteiger charge is 2.41. The number of morpholine rings is 1. The van der Waals surface area contributed by atoms with Crippen molar-refractivity contribution >= 4 is 0 Å².